The third kappa shape index (κ3) is 6.51. The van der Waals surface area contributed by atoms with Gasteiger partial charge in [0.15, 0.2) is 12.2 Å². The van der Waals surface area contributed by atoms with Crippen molar-refractivity contribution in [1.82, 2.24) is 0 Å². The molecule has 0 radical (unpaired) electrons. The third-order valence-corrected chi connectivity index (χ3v) is 4.87. The molecule has 0 N–H and O–H groups in total. The van der Waals surface area contributed by atoms with E-state index in [0.29, 0.717) is 0 Å². The second-order valence-corrected chi connectivity index (χ2v) is 12.7. The van der Waals surface area contributed by atoms with Crippen LogP contribution < -0.4 is 4.57 Å². The molecule has 0 aliphatic carbocycles. The van der Waals surface area contributed by atoms with E-state index in [-0.39, 0.29) is 0 Å². The van der Waals surface area contributed by atoms with E-state index >= 15 is 0 Å². The summed E-state index contributed by atoms with van der Waals surface area (Å²) in [5.41, 5.74) is 5.63. The van der Waals surface area contributed by atoms with Crippen molar-refractivity contribution in [3.05, 3.63) is 65.9 Å². The number of alkyl halides is 1. The number of hydrogen-bond acceptors (Lipinski definition) is 0. The molecule has 1 aromatic heterocycles. The van der Waals surface area contributed by atoms with Crippen LogP contribution in [0.1, 0.15) is 17.7 Å². The van der Waals surface area contributed by atoms with E-state index < -0.39 is 19.5 Å². The van der Waals surface area contributed by atoms with Crippen LogP contribution >= 0.6 is 11.6 Å². The molecule has 158 valence electrons. The molecular weight excluding hydrogens is 525 g/mol. The standard InChI is InChI=1S/C20H19ClN.6FH.Sb/c21-12-5-8-17-14-16-7-2-4-10-19(16)20-18-9-3-1-6-15(18)11-13-22(17)20;;;;;;;/h1-4,6-7,9-10,14H,5,8,11-13H2;6*1H;/q+1;;;;;;;+5/p-6. The van der Waals surface area contributed by atoms with Crippen molar-refractivity contribution in [3.63, 3.8) is 0 Å². The fourth-order valence-electron chi connectivity index (χ4n) is 3.59. The number of nitrogens with zero attached hydrogens (tertiary/aromatic N) is 1. The van der Waals surface area contributed by atoms with Gasteiger partial charge in [0.2, 0.25) is 5.69 Å². The average molecular weight is 545 g/mol. The Morgan fingerprint density at radius 3 is 2.21 bits per heavy atom. The molecule has 0 spiro atoms. The van der Waals surface area contributed by atoms with Gasteiger partial charge in [-0.2, -0.15) is 4.57 Å². The summed E-state index contributed by atoms with van der Waals surface area (Å²) in [6, 6.07) is 19.9. The summed E-state index contributed by atoms with van der Waals surface area (Å²) in [6.45, 7) is 1.06. The Kier molecular flexibility index (Phi) is 5.63. The van der Waals surface area contributed by atoms with Gasteiger partial charge in [0.25, 0.3) is 0 Å². The van der Waals surface area contributed by atoms with Crippen LogP contribution in [0.2, 0.25) is 0 Å². The molecule has 2 heterocycles. The zero-order valence-electron chi connectivity index (χ0n) is 15.3. The number of aryl methyl sites for hydroxylation is 2. The molecule has 1 aliphatic rings. The average Bonchev–Trinajstić information content (AvgIpc) is 2.63. The Morgan fingerprint density at radius 1 is 0.897 bits per heavy atom. The monoisotopic (exact) mass is 543 g/mol. The normalized spacial score (nSPS) is 15.4. The molecule has 0 unspecified atom stereocenters. The van der Waals surface area contributed by atoms with Crippen LogP contribution in [-0.2, 0) is 19.4 Å². The molecule has 1 aliphatic heterocycles. The van der Waals surface area contributed by atoms with Crippen LogP contribution in [0.3, 0.4) is 0 Å². The molecule has 0 atom stereocenters. The van der Waals surface area contributed by atoms with E-state index in [0.717, 1.165) is 31.7 Å². The molecule has 0 saturated carbocycles. The molecule has 29 heavy (non-hydrogen) atoms. The number of fused-ring (bicyclic) bond motifs is 5. The predicted molar refractivity (Wildman–Crippen MR) is 105 cm³/mol. The van der Waals surface area contributed by atoms with Crippen molar-refractivity contribution >= 4 is 41.8 Å². The Bertz CT molecular complexity index is 1040. The van der Waals surface area contributed by atoms with Gasteiger partial charge in [-0.25, -0.2) is 0 Å². The predicted octanol–water partition coefficient (Wildman–Crippen LogP) is 6.66. The van der Waals surface area contributed by atoms with E-state index in [1.165, 1.54) is 33.3 Å². The summed E-state index contributed by atoms with van der Waals surface area (Å²) in [4.78, 5) is 0. The maximum atomic E-state index is 9.93. The summed E-state index contributed by atoms with van der Waals surface area (Å²) in [7, 11) is 0. The van der Waals surface area contributed by atoms with Crippen LogP contribution in [0.15, 0.2) is 54.6 Å². The molecule has 4 rings (SSSR count). The van der Waals surface area contributed by atoms with E-state index in [4.69, 9.17) is 11.6 Å². The number of rotatable bonds is 3. The van der Waals surface area contributed by atoms with Gasteiger partial charge >= 0.3 is 36.4 Å². The first-order valence-corrected chi connectivity index (χ1v) is 15.3. The van der Waals surface area contributed by atoms with Crippen molar-refractivity contribution in [2.45, 2.75) is 25.8 Å². The summed E-state index contributed by atoms with van der Waals surface area (Å²) >= 11 is -5.33. The van der Waals surface area contributed by atoms with Crippen LogP contribution in [-0.4, -0.2) is 25.4 Å². The molecular formula is C20H19ClF6NSb. The van der Waals surface area contributed by atoms with E-state index in [1.54, 1.807) is 0 Å². The second-order valence-electron chi connectivity index (χ2n) is 6.88. The molecule has 9 heteroatoms. The van der Waals surface area contributed by atoms with E-state index in [1.807, 2.05) is 0 Å². The zero-order chi connectivity index (χ0) is 21.3. The minimum atomic E-state index is -11.2. The van der Waals surface area contributed by atoms with Crippen LogP contribution in [0, 0.1) is 0 Å². The van der Waals surface area contributed by atoms with E-state index in [9.17, 15) is 16.9 Å². The summed E-state index contributed by atoms with van der Waals surface area (Å²) in [6.07, 6.45) is 3.19. The summed E-state index contributed by atoms with van der Waals surface area (Å²) < 4.78 is 62.1. The van der Waals surface area contributed by atoms with Gasteiger partial charge < -0.3 is 0 Å². The second kappa shape index (κ2) is 7.35. The number of pyridine rings is 1. The quantitative estimate of drug-likeness (QED) is 0.150. The van der Waals surface area contributed by atoms with E-state index in [2.05, 4.69) is 59.2 Å². The Labute approximate surface area is 171 Å². The topological polar surface area (TPSA) is 3.88 Å². The van der Waals surface area contributed by atoms with Gasteiger partial charge in [-0.15, -0.1) is 11.6 Å². The Balaban J connectivity index is 0.000000298. The number of halogens is 7. The maximum absolute atomic E-state index is 11.2. The number of aromatic nitrogens is 1. The zero-order valence-corrected chi connectivity index (χ0v) is 18.6. The van der Waals surface area contributed by atoms with Gasteiger partial charge in [0, 0.05) is 24.8 Å². The SMILES string of the molecule is ClCCCc1cc2ccccc2c2[n+]1CCc1ccccc1-2.[F][Sb-]([F])([F])([F])([F])[F]. The van der Waals surface area contributed by atoms with Crippen molar-refractivity contribution in [1.29, 1.82) is 0 Å². The molecule has 0 saturated heterocycles. The molecule has 1 nitrogen and oxygen atoms in total. The number of hydrogen-bond donors (Lipinski definition) is 0. The third-order valence-electron chi connectivity index (χ3n) is 4.60. The van der Waals surface area contributed by atoms with Crippen LogP contribution in [0.4, 0.5) is 16.9 Å². The fraction of sp³-hybridized carbons (Fsp3) is 0.250. The molecule has 0 bridgehead atoms. The Morgan fingerprint density at radius 2 is 1.52 bits per heavy atom. The van der Waals surface area contributed by atoms with Gasteiger partial charge in [0.1, 0.15) is 0 Å². The van der Waals surface area contributed by atoms with Crippen molar-refractivity contribution in [2.24, 2.45) is 0 Å². The Hall–Kier alpha value is -1.46. The van der Waals surface area contributed by atoms with Crippen molar-refractivity contribution in [3.8, 4) is 11.3 Å². The van der Waals surface area contributed by atoms with Gasteiger partial charge in [-0.05, 0) is 29.5 Å². The molecule has 0 fully saturated rings. The molecule has 2 aromatic carbocycles. The van der Waals surface area contributed by atoms with Gasteiger partial charge in [-0.1, -0.05) is 36.4 Å². The first kappa shape index (κ1) is 22.2. The first-order chi connectivity index (χ1) is 13.3. The van der Waals surface area contributed by atoms with Crippen molar-refractivity contribution in [2.75, 3.05) is 5.88 Å². The van der Waals surface area contributed by atoms with Crippen LogP contribution in [0.25, 0.3) is 22.0 Å². The van der Waals surface area contributed by atoms with Crippen LogP contribution in [0.5, 0.6) is 0 Å². The summed E-state index contributed by atoms with van der Waals surface area (Å²) in [5.74, 6) is 0.721. The van der Waals surface area contributed by atoms with Gasteiger partial charge in [0.05, 0.1) is 10.9 Å². The van der Waals surface area contributed by atoms with Gasteiger partial charge in [-0.3, -0.25) is 0 Å². The molecule has 0 amide bonds. The first-order valence-electron chi connectivity index (χ1n) is 8.98. The fourth-order valence-corrected chi connectivity index (χ4v) is 3.72. The summed E-state index contributed by atoms with van der Waals surface area (Å²) in [5, 5.41) is 2.68. The number of benzene rings is 2. The van der Waals surface area contributed by atoms with Crippen molar-refractivity contribution < 1.29 is 21.4 Å². The minimum absolute atomic E-state index is 0.721. The molecule has 3 aromatic rings.